The van der Waals surface area contributed by atoms with E-state index in [9.17, 15) is 4.79 Å². The lowest BCUT2D eigenvalue weighted by Crippen LogP contribution is -2.57. The van der Waals surface area contributed by atoms with Crippen molar-refractivity contribution in [3.63, 3.8) is 0 Å². The van der Waals surface area contributed by atoms with Crippen LogP contribution in [0.3, 0.4) is 0 Å². The molecule has 2 heterocycles. The van der Waals surface area contributed by atoms with Crippen molar-refractivity contribution < 1.29 is 4.79 Å². The Balaban J connectivity index is 1.80. The number of aryl methyl sites for hydroxylation is 1. The molecule has 0 unspecified atom stereocenters. The molecule has 2 fully saturated rings. The van der Waals surface area contributed by atoms with Crippen LogP contribution in [0.25, 0.3) is 0 Å². The number of fused-ring (bicyclic) bond motifs is 1. The SMILES string of the molecule is Cc1nc(C(=O)N2C[C@@H]3C(C)(C)C[C@]3(CN(C)C)C2)cs1. The quantitative estimate of drug-likeness (QED) is 0.861. The number of carbonyl (C=O) groups is 1. The van der Waals surface area contributed by atoms with Crippen LogP contribution in [0.4, 0.5) is 0 Å². The van der Waals surface area contributed by atoms with Crippen LogP contribution in [-0.2, 0) is 0 Å². The average Bonchev–Trinajstić information content (AvgIpc) is 2.90. The van der Waals surface area contributed by atoms with E-state index in [1.807, 2.05) is 17.2 Å². The molecule has 116 valence electrons. The molecule has 21 heavy (non-hydrogen) atoms. The summed E-state index contributed by atoms with van der Waals surface area (Å²) >= 11 is 1.55. The first-order chi connectivity index (χ1) is 9.73. The minimum absolute atomic E-state index is 0.114. The van der Waals surface area contributed by atoms with Crippen LogP contribution in [-0.4, -0.2) is 54.4 Å². The second-order valence-electron chi connectivity index (χ2n) is 7.76. The number of hydrogen-bond acceptors (Lipinski definition) is 4. The Morgan fingerprint density at radius 3 is 2.76 bits per heavy atom. The van der Waals surface area contributed by atoms with Crippen LogP contribution < -0.4 is 0 Å². The lowest BCUT2D eigenvalue weighted by molar-refractivity contribution is -0.0789. The van der Waals surface area contributed by atoms with Gasteiger partial charge in [0.15, 0.2) is 0 Å². The highest BCUT2D eigenvalue weighted by Gasteiger charge is 2.63. The Morgan fingerprint density at radius 1 is 1.52 bits per heavy atom. The third-order valence-corrected chi connectivity index (χ3v) is 5.93. The summed E-state index contributed by atoms with van der Waals surface area (Å²) in [5.41, 5.74) is 1.26. The van der Waals surface area contributed by atoms with Crippen LogP contribution in [0, 0.1) is 23.7 Å². The van der Waals surface area contributed by atoms with Crippen LogP contribution in [0.1, 0.15) is 35.8 Å². The molecule has 1 saturated carbocycles. The third-order valence-electron chi connectivity index (χ3n) is 5.16. The van der Waals surface area contributed by atoms with Gasteiger partial charge in [-0.1, -0.05) is 13.8 Å². The molecule has 1 saturated heterocycles. The minimum atomic E-state index is 0.114. The monoisotopic (exact) mass is 307 g/mol. The van der Waals surface area contributed by atoms with Crippen LogP contribution in [0.2, 0.25) is 0 Å². The van der Waals surface area contributed by atoms with Crippen LogP contribution in [0.15, 0.2) is 5.38 Å². The second-order valence-corrected chi connectivity index (χ2v) is 8.82. The zero-order valence-corrected chi connectivity index (χ0v) is 14.5. The number of carbonyl (C=O) groups excluding carboxylic acids is 1. The molecule has 0 bridgehead atoms. The van der Waals surface area contributed by atoms with E-state index in [1.54, 1.807) is 11.3 Å². The summed E-state index contributed by atoms with van der Waals surface area (Å²) in [4.78, 5) is 21.3. The first-order valence-electron chi connectivity index (χ1n) is 7.60. The van der Waals surface area contributed by atoms with Crippen LogP contribution in [0.5, 0.6) is 0 Å². The highest BCUT2D eigenvalue weighted by atomic mass is 32.1. The fraction of sp³-hybridized carbons (Fsp3) is 0.750. The lowest BCUT2D eigenvalue weighted by Gasteiger charge is -2.57. The highest BCUT2D eigenvalue weighted by Crippen LogP contribution is 2.62. The van der Waals surface area contributed by atoms with Gasteiger partial charge in [0.05, 0.1) is 5.01 Å². The van der Waals surface area contributed by atoms with E-state index in [2.05, 4.69) is 37.8 Å². The summed E-state index contributed by atoms with van der Waals surface area (Å²) in [6, 6.07) is 0. The fourth-order valence-corrected chi connectivity index (χ4v) is 5.33. The van der Waals surface area contributed by atoms with Crippen molar-refractivity contribution in [1.29, 1.82) is 0 Å². The van der Waals surface area contributed by atoms with Crippen molar-refractivity contribution in [2.24, 2.45) is 16.7 Å². The third kappa shape index (κ3) is 2.40. The maximum Gasteiger partial charge on any atom is 0.273 e. The molecule has 0 N–H and O–H groups in total. The van der Waals surface area contributed by atoms with E-state index >= 15 is 0 Å². The average molecular weight is 307 g/mol. The predicted octanol–water partition coefficient (Wildman–Crippen LogP) is 2.50. The topological polar surface area (TPSA) is 36.4 Å². The van der Waals surface area contributed by atoms with Crippen molar-refractivity contribution in [2.75, 3.05) is 33.7 Å². The summed E-state index contributed by atoms with van der Waals surface area (Å²) in [7, 11) is 4.26. The Hall–Kier alpha value is -0.940. The molecule has 3 rings (SSSR count). The molecular formula is C16H25N3OS. The number of amides is 1. The fourth-order valence-electron chi connectivity index (χ4n) is 4.75. The van der Waals surface area contributed by atoms with Gasteiger partial charge in [0.25, 0.3) is 5.91 Å². The first-order valence-corrected chi connectivity index (χ1v) is 8.48. The molecule has 1 aliphatic carbocycles. The van der Waals surface area contributed by atoms with Gasteiger partial charge in [0.2, 0.25) is 0 Å². The van der Waals surface area contributed by atoms with Crippen molar-refractivity contribution in [1.82, 2.24) is 14.8 Å². The van der Waals surface area contributed by atoms with Crippen LogP contribution >= 0.6 is 11.3 Å². The Bertz CT molecular complexity index is 562. The summed E-state index contributed by atoms with van der Waals surface area (Å²) < 4.78 is 0. The van der Waals surface area contributed by atoms with Gasteiger partial charge in [-0.15, -0.1) is 11.3 Å². The molecule has 1 amide bonds. The van der Waals surface area contributed by atoms with Gasteiger partial charge in [0, 0.05) is 30.4 Å². The number of hydrogen-bond donors (Lipinski definition) is 0. The van der Waals surface area contributed by atoms with Gasteiger partial charge in [-0.2, -0.15) is 0 Å². The molecule has 5 heteroatoms. The molecule has 2 atom stereocenters. The van der Waals surface area contributed by atoms with Gasteiger partial charge in [-0.05, 0) is 38.8 Å². The van der Waals surface area contributed by atoms with E-state index in [-0.39, 0.29) is 11.3 Å². The summed E-state index contributed by atoms with van der Waals surface area (Å²) in [6.45, 7) is 9.47. The van der Waals surface area contributed by atoms with E-state index in [0.717, 1.165) is 24.6 Å². The number of likely N-dealkylation sites (tertiary alicyclic amines) is 1. The molecule has 0 radical (unpaired) electrons. The molecule has 1 aliphatic heterocycles. The number of nitrogens with zero attached hydrogens (tertiary/aromatic N) is 3. The summed E-state index contributed by atoms with van der Waals surface area (Å²) in [5.74, 6) is 0.721. The van der Waals surface area contributed by atoms with E-state index in [1.165, 1.54) is 6.42 Å². The standard InChI is InChI=1S/C16H25N3OS/c1-11-17-12(7-21-11)14(20)19-6-13-15(2,3)8-16(13,10-19)9-18(4)5/h7,13H,6,8-10H2,1-5H3/t13-,16+/m1/s1. The number of rotatable bonds is 3. The van der Waals surface area contributed by atoms with Gasteiger partial charge in [-0.3, -0.25) is 4.79 Å². The Labute approximate surface area is 131 Å². The predicted molar refractivity (Wildman–Crippen MR) is 85.6 cm³/mol. The maximum absolute atomic E-state index is 12.7. The molecule has 0 aromatic carbocycles. The summed E-state index contributed by atoms with van der Waals surface area (Å²) in [5, 5.41) is 2.85. The molecule has 0 spiro atoms. The second kappa shape index (κ2) is 4.78. The van der Waals surface area contributed by atoms with Crippen molar-refractivity contribution in [3.8, 4) is 0 Å². The van der Waals surface area contributed by atoms with E-state index in [0.29, 0.717) is 17.0 Å². The number of aromatic nitrogens is 1. The van der Waals surface area contributed by atoms with Gasteiger partial charge in [-0.25, -0.2) is 4.98 Å². The lowest BCUT2D eigenvalue weighted by atomic mass is 9.48. The summed E-state index contributed by atoms with van der Waals surface area (Å²) in [6.07, 6.45) is 1.21. The maximum atomic E-state index is 12.7. The molecular weight excluding hydrogens is 282 g/mol. The van der Waals surface area contributed by atoms with Crippen molar-refractivity contribution in [3.05, 3.63) is 16.1 Å². The molecule has 4 nitrogen and oxygen atoms in total. The molecule has 1 aromatic heterocycles. The minimum Gasteiger partial charge on any atom is -0.336 e. The van der Waals surface area contributed by atoms with Crippen molar-refractivity contribution >= 4 is 17.2 Å². The Kier molecular flexibility index (Phi) is 3.41. The largest absolute Gasteiger partial charge is 0.336 e. The zero-order valence-electron chi connectivity index (χ0n) is 13.6. The molecule has 2 aliphatic rings. The smallest absolute Gasteiger partial charge is 0.273 e. The van der Waals surface area contributed by atoms with E-state index in [4.69, 9.17) is 0 Å². The highest BCUT2D eigenvalue weighted by molar-refractivity contribution is 7.09. The zero-order chi connectivity index (χ0) is 15.4. The first kappa shape index (κ1) is 15.0. The van der Waals surface area contributed by atoms with E-state index < -0.39 is 0 Å². The van der Waals surface area contributed by atoms with Gasteiger partial charge < -0.3 is 9.80 Å². The van der Waals surface area contributed by atoms with Crippen molar-refractivity contribution in [2.45, 2.75) is 27.2 Å². The normalized spacial score (nSPS) is 30.4. The van der Waals surface area contributed by atoms with Gasteiger partial charge in [0.1, 0.15) is 5.69 Å². The molecule has 1 aromatic rings. The Morgan fingerprint density at radius 2 is 2.24 bits per heavy atom. The van der Waals surface area contributed by atoms with Gasteiger partial charge >= 0.3 is 0 Å². The number of thiazole rings is 1.